The number of aliphatic hydroxyl groups is 1. The first-order valence-electron chi connectivity index (χ1n) is 6.97. The van der Waals surface area contributed by atoms with Gasteiger partial charge in [-0.15, -0.1) is 0 Å². The fraction of sp³-hybridized carbons (Fsp3) is 0.467. The van der Waals surface area contributed by atoms with E-state index in [4.69, 9.17) is 4.74 Å². The number of hydrogen-bond donors (Lipinski definition) is 1. The van der Waals surface area contributed by atoms with Crippen molar-refractivity contribution in [3.63, 3.8) is 0 Å². The minimum absolute atomic E-state index is 0.155. The molecule has 6 heteroatoms. The van der Waals surface area contributed by atoms with Gasteiger partial charge in [0.2, 0.25) is 6.29 Å². The van der Waals surface area contributed by atoms with Gasteiger partial charge in [0.05, 0.1) is 11.4 Å². The van der Waals surface area contributed by atoms with Crippen LogP contribution in [0.1, 0.15) is 44.4 Å². The predicted octanol–water partition coefficient (Wildman–Crippen LogP) is 3.62. The molecular formula is C15H20BrN3O2. The Labute approximate surface area is 133 Å². The van der Waals surface area contributed by atoms with E-state index >= 15 is 0 Å². The van der Waals surface area contributed by atoms with Gasteiger partial charge in [0.1, 0.15) is 10.3 Å². The van der Waals surface area contributed by atoms with Crippen LogP contribution in [0.25, 0.3) is 11.4 Å². The average Bonchev–Trinajstić information content (AvgIpc) is 2.77. The minimum atomic E-state index is -1.01. The number of nitrogens with zero attached hydrogens (tertiary/aromatic N) is 3. The summed E-state index contributed by atoms with van der Waals surface area (Å²) in [6.07, 6.45) is -1.01. The van der Waals surface area contributed by atoms with E-state index in [0.29, 0.717) is 12.3 Å². The largest absolute Gasteiger partial charge is 0.363 e. The zero-order valence-corrected chi connectivity index (χ0v) is 14.3. The van der Waals surface area contributed by atoms with Crippen LogP contribution in [0.3, 0.4) is 0 Å². The number of pyridine rings is 1. The number of ether oxygens (including phenoxy) is 1. The molecule has 2 aromatic rings. The van der Waals surface area contributed by atoms with E-state index in [2.05, 4.69) is 26.0 Å². The van der Waals surface area contributed by atoms with Crippen molar-refractivity contribution >= 4 is 15.9 Å². The Morgan fingerprint density at radius 2 is 2.10 bits per heavy atom. The highest BCUT2D eigenvalue weighted by molar-refractivity contribution is 9.10. The van der Waals surface area contributed by atoms with Crippen LogP contribution < -0.4 is 0 Å². The molecule has 0 aliphatic carbocycles. The van der Waals surface area contributed by atoms with E-state index < -0.39 is 6.29 Å². The molecule has 0 fully saturated rings. The van der Waals surface area contributed by atoms with Gasteiger partial charge in [-0.05, 0) is 55.8 Å². The molecule has 1 N–H and O–H groups in total. The summed E-state index contributed by atoms with van der Waals surface area (Å²) in [6, 6.07) is 5.90. The molecule has 2 aromatic heterocycles. The van der Waals surface area contributed by atoms with Crippen molar-refractivity contribution in [2.24, 2.45) is 0 Å². The van der Waals surface area contributed by atoms with Gasteiger partial charge in [-0.3, -0.25) is 4.68 Å². The standard InChI is InChI=1S/C15H20BrN3O2/c1-5-21-15(20)13-10(4)14(19(18-13)9(2)3)11-7-6-8-12(16)17-11/h6-9,15,20H,5H2,1-4H3. The maximum absolute atomic E-state index is 10.1. The summed E-state index contributed by atoms with van der Waals surface area (Å²) < 4.78 is 7.91. The lowest BCUT2D eigenvalue weighted by molar-refractivity contribution is -0.101. The minimum Gasteiger partial charge on any atom is -0.363 e. The number of aliphatic hydroxyl groups excluding tert-OH is 1. The van der Waals surface area contributed by atoms with Crippen LogP contribution in [-0.4, -0.2) is 26.5 Å². The molecule has 0 aromatic carbocycles. The third kappa shape index (κ3) is 3.33. The fourth-order valence-electron chi connectivity index (χ4n) is 2.23. The van der Waals surface area contributed by atoms with Crippen LogP contribution in [0, 0.1) is 6.92 Å². The second kappa shape index (κ2) is 6.68. The van der Waals surface area contributed by atoms with Crippen molar-refractivity contribution in [3.05, 3.63) is 34.1 Å². The van der Waals surface area contributed by atoms with Crippen LogP contribution in [0.15, 0.2) is 22.8 Å². The first kappa shape index (κ1) is 16.1. The second-order valence-corrected chi connectivity index (χ2v) is 5.86. The normalized spacial score (nSPS) is 12.9. The maximum Gasteiger partial charge on any atom is 0.200 e. The molecule has 5 nitrogen and oxygen atoms in total. The quantitative estimate of drug-likeness (QED) is 0.658. The van der Waals surface area contributed by atoms with Crippen molar-refractivity contribution in [2.45, 2.75) is 40.0 Å². The van der Waals surface area contributed by atoms with Crippen LogP contribution in [-0.2, 0) is 4.74 Å². The first-order valence-corrected chi connectivity index (χ1v) is 7.76. The Hall–Kier alpha value is -1.24. The zero-order chi connectivity index (χ0) is 15.6. The van der Waals surface area contributed by atoms with Crippen molar-refractivity contribution in [1.29, 1.82) is 0 Å². The van der Waals surface area contributed by atoms with Gasteiger partial charge < -0.3 is 9.84 Å². The summed E-state index contributed by atoms with van der Waals surface area (Å²) in [4.78, 5) is 4.50. The molecule has 0 saturated carbocycles. The van der Waals surface area contributed by atoms with Gasteiger partial charge in [0.25, 0.3) is 0 Å². The summed E-state index contributed by atoms with van der Waals surface area (Å²) in [5.41, 5.74) is 3.15. The van der Waals surface area contributed by atoms with E-state index in [9.17, 15) is 5.11 Å². The lowest BCUT2D eigenvalue weighted by Gasteiger charge is -2.11. The fourth-order valence-corrected chi connectivity index (χ4v) is 2.57. The molecular weight excluding hydrogens is 334 g/mol. The van der Waals surface area contributed by atoms with Gasteiger partial charge in [-0.1, -0.05) is 6.07 Å². The molecule has 0 bridgehead atoms. The average molecular weight is 354 g/mol. The van der Waals surface area contributed by atoms with Gasteiger partial charge in [0, 0.05) is 18.2 Å². The van der Waals surface area contributed by atoms with Gasteiger partial charge in [0.15, 0.2) is 0 Å². The highest BCUT2D eigenvalue weighted by Crippen LogP contribution is 2.31. The lowest BCUT2D eigenvalue weighted by Crippen LogP contribution is -2.08. The van der Waals surface area contributed by atoms with Crippen molar-refractivity contribution < 1.29 is 9.84 Å². The third-order valence-corrected chi connectivity index (χ3v) is 3.63. The summed E-state index contributed by atoms with van der Waals surface area (Å²) >= 11 is 3.39. The predicted molar refractivity (Wildman–Crippen MR) is 84.9 cm³/mol. The number of halogens is 1. The third-order valence-electron chi connectivity index (χ3n) is 3.19. The molecule has 0 amide bonds. The molecule has 1 atom stereocenters. The zero-order valence-electron chi connectivity index (χ0n) is 12.7. The van der Waals surface area contributed by atoms with Crippen molar-refractivity contribution in [2.75, 3.05) is 6.61 Å². The van der Waals surface area contributed by atoms with Gasteiger partial charge >= 0.3 is 0 Å². The number of aromatic nitrogens is 3. The lowest BCUT2D eigenvalue weighted by atomic mass is 10.1. The van der Waals surface area contributed by atoms with Crippen molar-refractivity contribution in [1.82, 2.24) is 14.8 Å². The molecule has 114 valence electrons. The molecule has 0 aliphatic heterocycles. The topological polar surface area (TPSA) is 60.2 Å². The van der Waals surface area contributed by atoms with Crippen LogP contribution in [0.5, 0.6) is 0 Å². The summed E-state index contributed by atoms with van der Waals surface area (Å²) in [5.74, 6) is 0. The molecule has 0 radical (unpaired) electrons. The Morgan fingerprint density at radius 3 is 2.67 bits per heavy atom. The van der Waals surface area contributed by atoms with Gasteiger partial charge in [-0.2, -0.15) is 5.10 Å². The van der Waals surface area contributed by atoms with Crippen LogP contribution >= 0.6 is 15.9 Å². The first-order chi connectivity index (χ1) is 9.95. The molecule has 1 unspecified atom stereocenters. The Kier molecular flexibility index (Phi) is 5.13. The van der Waals surface area contributed by atoms with E-state index in [1.165, 1.54) is 0 Å². The summed E-state index contributed by atoms with van der Waals surface area (Å²) in [6.45, 7) is 8.30. The molecule has 0 spiro atoms. The maximum atomic E-state index is 10.1. The molecule has 2 rings (SSSR count). The molecule has 21 heavy (non-hydrogen) atoms. The van der Waals surface area contributed by atoms with E-state index in [1.807, 2.05) is 50.6 Å². The van der Waals surface area contributed by atoms with Gasteiger partial charge in [-0.25, -0.2) is 4.98 Å². The van der Waals surface area contributed by atoms with Crippen molar-refractivity contribution in [3.8, 4) is 11.4 Å². The molecule has 2 heterocycles. The molecule has 0 aliphatic rings. The second-order valence-electron chi connectivity index (χ2n) is 5.05. The molecule has 0 saturated heterocycles. The van der Waals surface area contributed by atoms with E-state index in [-0.39, 0.29) is 6.04 Å². The SMILES string of the molecule is CCOC(O)c1nn(C(C)C)c(-c2cccc(Br)n2)c1C. The summed E-state index contributed by atoms with van der Waals surface area (Å²) in [7, 11) is 0. The Bertz CT molecular complexity index is 625. The van der Waals surface area contributed by atoms with E-state index in [0.717, 1.165) is 21.6 Å². The highest BCUT2D eigenvalue weighted by Gasteiger charge is 2.23. The monoisotopic (exact) mass is 353 g/mol. The smallest absolute Gasteiger partial charge is 0.200 e. The highest BCUT2D eigenvalue weighted by atomic mass is 79.9. The van der Waals surface area contributed by atoms with Crippen LogP contribution in [0.4, 0.5) is 0 Å². The van der Waals surface area contributed by atoms with E-state index in [1.54, 1.807) is 0 Å². The Morgan fingerprint density at radius 1 is 1.38 bits per heavy atom. The summed E-state index contributed by atoms with van der Waals surface area (Å²) in [5, 5.41) is 14.6. The van der Waals surface area contributed by atoms with Crippen LogP contribution in [0.2, 0.25) is 0 Å². The number of hydrogen-bond acceptors (Lipinski definition) is 4. The Balaban J connectivity index is 2.58. The number of rotatable bonds is 5.